The first-order chi connectivity index (χ1) is 4.22. The first-order valence-electron chi connectivity index (χ1n) is 2.75. The Morgan fingerprint density at radius 1 is 1.64 bits per heavy atom. The Hall–Kier alpha value is 0.563. The van der Waals surface area contributed by atoms with E-state index in [0.717, 1.165) is 4.90 Å². The molecule has 4 nitrogen and oxygen atoms in total. The average molecular weight is 219 g/mol. The van der Waals surface area contributed by atoms with E-state index in [4.69, 9.17) is 5.11 Å². The van der Waals surface area contributed by atoms with Crippen molar-refractivity contribution in [3.05, 3.63) is 0 Å². The molecule has 0 aliphatic carbocycles. The van der Waals surface area contributed by atoms with Gasteiger partial charge in [0.05, 0.1) is 0 Å². The molecule has 1 rings (SSSR count). The zero-order chi connectivity index (χ0) is 6.85. The van der Waals surface area contributed by atoms with Gasteiger partial charge in [-0.2, -0.15) is 0 Å². The third kappa shape index (κ3) is 3.65. The van der Waals surface area contributed by atoms with Crippen molar-refractivity contribution < 1.29 is 65.2 Å². The minimum absolute atomic E-state index is 0. The van der Waals surface area contributed by atoms with E-state index in [2.05, 4.69) is 0 Å². The predicted molar refractivity (Wildman–Crippen MR) is 30.1 cm³/mol. The van der Waals surface area contributed by atoms with Gasteiger partial charge < -0.3 is 6.53 Å². The molecule has 0 atom stereocenters. The molecule has 0 saturated carbocycles. The first-order valence-corrected chi connectivity index (χ1v) is 2.75. The van der Waals surface area contributed by atoms with Gasteiger partial charge in [-0.3, -0.25) is 4.79 Å². The summed E-state index contributed by atoms with van der Waals surface area (Å²) in [6, 6.07) is 0. The minimum Gasteiger partial charge on any atom is -1.00 e. The summed E-state index contributed by atoms with van der Waals surface area (Å²) in [5, 5.41) is 8.29. The maximum absolute atomic E-state index is 10.6. The molecular weight excluding hydrogens is 210 g/mol. The van der Waals surface area contributed by atoms with E-state index in [1.165, 1.54) is 0 Å². The van der Waals surface area contributed by atoms with E-state index >= 15 is 0 Å². The van der Waals surface area contributed by atoms with Crippen molar-refractivity contribution in [2.24, 2.45) is 0 Å². The first kappa shape index (κ1) is 14.1. The topological polar surface area (TPSA) is 57.6 Å². The second kappa shape index (κ2) is 6.12. The van der Waals surface area contributed by atoms with Gasteiger partial charge in [0, 0.05) is 32.4 Å². The fourth-order valence-electron chi connectivity index (χ4n) is 0.850. The van der Waals surface area contributed by atoms with Gasteiger partial charge in [0.1, 0.15) is 0 Å². The van der Waals surface area contributed by atoms with Gasteiger partial charge in [0.25, 0.3) is 0 Å². The van der Waals surface area contributed by atoms with Crippen LogP contribution in [0.2, 0.25) is 0 Å². The quantitative estimate of drug-likeness (QED) is 0.454. The van der Waals surface area contributed by atoms with Gasteiger partial charge in [-0.15, -0.1) is 0 Å². The van der Waals surface area contributed by atoms with Crippen LogP contribution >= 0.6 is 0 Å². The number of hydrogen-bond acceptors (Lipinski definition) is 2. The third-order valence-corrected chi connectivity index (χ3v) is 1.30. The molecule has 1 aliphatic rings. The summed E-state index contributed by atoms with van der Waals surface area (Å²) in [5.74, 6) is -0.275. The van der Waals surface area contributed by atoms with Crippen LogP contribution in [0.3, 0.4) is 0 Å². The summed E-state index contributed by atoms with van der Waals surface area (Å²) in [6.07, 6.45) is -0.0743. The number of carboxylic acid groups (broad SMARTS) is 1. The van der Waals surface area contributed by atoms with E-state index in [1.807, 2.05) is 0 Å². The molecule has 1 heterocycles. The van der Waals surface area contributed by atoms with Crippen molar-refractivity contribution in [3.8, 4) is 0 Å². The molecule has 0 radical (unpaired) electrons. The van der Waals surface area contributed by atoms with Crippen LogP contribution in [0.1, 0.15) is 14.3 Å². The zero-order valence-corrected chi connectivity index (χ0v) is 11.5. The summed E-state index contributed by atoms with van der Waals surface area (Å²) >= 11 is 0. The molecule has 54 valence electrons. The van der Waals surface area contributed by atoms with Crippen molar-refractivity contribution >= 4 is 12.0 Å². The number of imide groups is 1. The molecule has 0 unspecified atom stereocenters. The molecule has 0 bridgehead atoms. The molecule has 0 spiro atoms. The van der Waals surface area contributed by atoms with Crippen LogP contribution in [0, 0.1) is 0 Å². The van der Waals surface area contributed by atoms with Gasteiger partial charge in [-0.05, 0) is 6.42 Å². The number of rotatable bonds is 0. The fourth-order valence-corrected chi connectivity index (χ4v) is 0.850. The number of nitrogens with zero attached hydrogens (tertiary/aromatic N) is 1. The van der Waals surface area contributed by atoms with Crippen LogP contribution in [0.5, 0.6) is 0 Å². The van der Waals surface area contributed by atoms with Gasteiger partial charge in [-0.25, -0.2) is 9.69 Å². The van der Waals surface area contributed by atoms with Crippen molar-refractivity contribution in [1.29, 1.82) is 0 Å². The van der Waals surface area contributed by atoms with Gasteiger partial charge in [0.15, 0.2) is 0 Å². The van der Waals surface area contributed by atoms with Gasteiger partial charge >= 0.3 is 35.7 Å². The maximum Gasteiger partial charge on any atom is 1.00 e. The largest absolute Gasteiger partial charge is 1.00 e. The van der Waals surface area contributed by atoms with Crippen LogP contribution < -0.4 is 29.6 Å². The molecule has 0 aromatic carbocycles. The van der Waals surface area contributed by atoms with Crippen LogP contribution in [0.25, 0.3) is 0 Å². The van der Waals surface area contributed by atoms with Crippen molar-refractivity contribution in [2.75, 3.05) is 6.54 Å². The van der Waals surface area contributed by atoms with Gasteiger partial charge in [-0.1, -0.05) is 0 Å². The summed E-state index contributed by atoms with van der Waals surface area (Å²) in [6.45, 7) is 0.369. The van der Waals surface area contributed by atoms with Crippen molar-refractivity contribution in [3.63, 3.8) is 0 Å². The van der Waals surface area contributed by atoms with Crippen molar-refractivity contribution in [1.82, 2.24) is 4.90 Å². The van der Waals surface area contributed by atoms with E-state index < -0.39 is 6.09 Å². The molecule has 1 fully saturated rings. The normalized spacial score (nSPS) is 15.3. The second-order valence-electron chi connectivity index (χ2n) is 1.93. The molecule has 1 aliphatic heterocycles. The number of carbonyl (C=O) groups excluding carboxylic acids is 1. The van der Waals surface area contributed by atoms with Crippen LogP contribution in [0.4, 0.5) is 4.79 Å². The fraction of sp³-hybridized carbons (Fsp3) is 0.600. The Morgan fingerprint density at radius 3 is 2.36 bits per heavy atom. The standard InChI is InChI=1S/C5H7NO3.Na.Zn.H/c7-4-2-1-3-6(4)5(8)9;;;/h1-3H2,(H,8,9);;;/q;+1;;-1. The maximum atomic E-state index is 10.6. The summed E-state index contributed by atoms with van der Waals surface area (Å²) in [4.78, 5) is 21.5. The Bertz CT molecular complexity index is 169. The molecule has 0 aromatic rings. The Morgan fingerprint density at radius 2 is 2.18 bits per heavy atom. The molecule has 11 heavy (non-hydrogen) atoms. The summed E-state index contributed by atoms with van der Waals surface area (Å²) in [5.41, 5.74) is 0. The Kier molecular flexibility index (Phi) is 7.85. The number of likely N-dealkylation sites (tertiary alicyclic amines) is 1. The summed E-state index contributed by atoms with van der Waals surface area (Å²) in [7, 11) is 0. The number of amides is 2. The number of carbonyl (C=O) groups is 2. The van der Waals surface area contributed by atoms with E-state index in [0.29, 0.717) is 19.4 Å². The van der Waals surface area contributed by atoms with Gasteiger partial charge in [0.2, 0.25) is 5.91 Å². The summed E-state index contributed by atoms with van der Waals surface area (Å²) < 4.78 is 0. The Balaban J connectivity index is -0.000000270. The molecule has 6 heteroatoms. The van der Waals surface area contributed by atoms with E-state index in [1.54, 1.807) is 0 Å². The van der Waals surface area contributed by atoms with Crippen molar-refractivity contribution in [2.45, 2.75) is 12.8 Å². The van der Waals surface area contributed by atoms with Crippen LogP contribution in [-0.4, -0.2) is 28.6 Å². The minimum atomic E-state index is -1.13. The monoisotopic (exact) mass is 217 g/mol. The molecule has 1 saturated heterocycles. The van der Waals surface area contributed by atoms with E-state index in [9.17, 15) is 9.59 Å². The smallest absolute Gasteiger partial charge is 1.00 e. The van der Waals surface area contributed by atoms with Crippen LogP contribution in [-0.2, 0) is 24.3 Å². The Labute approximate surface area is 101 Å². The second-order valence-corrected chi connectivity index (χ2v) is 1.93. The van der Waals surface area contributed by atoms with E-state index in [-0.39, 0.29) is 56.4 Å². The zero-order valence-electron chi connectivity index (χ0n) is 7.54. The van der Waals surface area contributed by atoms with Crippen LogP contribution in [0.15, 0.2) is 0 Å². The molecular formula is C5H8NNaO3Zn. The predicted octanol–water partition coefficient (Wildman–Crippen LogP) is -2.60. The number of hydrogen-bond donors (Lipinski definition) is 1. The average Bonchev–Trinajstić information content (AvgIpc) is 2.13. The molecule has 1 N–H and O–H groups in total. The third-order valence-electron chi connectivity index (χ3n) is 1.30. The molecule has 0 aromatic heterocycles. The SMILES string of the molecule is O=C(O)N1CCCC1=O.[H-].[Na+].[Zn]. The molecule has 2 amide bonds.